The number of primary amides is 1. The Morgan fingerprint density at radius 3 is 2.60 bits per heavy atom. The molecule has 4 heteroatoms. The molecule has 1 amide bonds. The maximum atomic E-state index is 11.8. The highest BCUT2D eigenvalue weighted by Gasteiger charge is 2.53. The van der Waals surface area contributed by atoms with Crippen LogP contribution in [0.15, 0.2) is 0 Å². The van der Waals surface area contributed by atoms with Gasteiger partial charge in [0.1, 0.15) is 5.54 Å². The van der Waals surface area contributed by atoms with Crippen molar-refractivity contribution >= 4 is 17.7 Å². The normalized spacial score (nSPS) is 35.1. The second kappa shape index (κ2) is 3.67. The predicted octanol–water partition coefficient (Wildman–Crippen LogP) is 1.13. The average molecular weight is 228 g/mol. The van der Waals surface area contributed by atoms with Crippen LogP contribution in [0.3, 0.4) is 0 Å². The first-order valence-electron chi connectivity index (χ1n) is 5.63. The fourth-order valence-corrected chi connectivity index (χ4v) is 3.97. The van der Waals surface area contributed by atoms with Gasteiger partial charge < -0.3 is 5.73 Å². The van der Waals surface area contributed by atoms with Crippen molar-refractivity contribution in [1.82, 2.24) is 5.32 Å². The van der Waals surface area contributed by atoms with Crippen molar-refractivity contribution in [3.63, 3.8) is 0 Å². The number of hydrogen-bond acceptors (Lipinski definition) is 3. The first-order valence-corrected chi connectivity index (χ1v) is 6.79. The van der Waals surface area contributed by atoms with Gasteiger partial charge in [-0.3, -0.25) is 10.1 Å². The van der Waals surface area contributed by atoms with E-state index in [2.05, 4.69) is 19.2 Å². The van der Waals surface area contributed by atoms with E-state index in [-0.39, 0.29) is 11.3 Å². The van der Waals surface area contributed by atoms with Gasteiger partial charge in [-0.05, 0) is 30.4 Å². The minimum absolute atomic E-state index is 0.0212. The molecule has 2 fully saturated rings. The quantitative estimate of drug-likeness (QED) is 0.761. The first kappa shape index (κ1) is 11.3. The Bertz CT molecular complexity index is 276. The van der Waals surface area contributed by atoms with Crippen LogP contribution in [-0.2, 0) is 4.79 Å². The standard InChI is InChI=1S/C11H20N2OS/c1-10(2)5-6-15-7-11(10,9(12)14)13-8-3-4-8/h8,13H,3-7H2,1-2H3,(H2,12,14). The van der Waals surface area contributed by atoms with Gasteiger partial charge in [0.05, 0.1) is 0 Å². The van der Waals surface area contributed by atoms with Crippen molar-refractivity contribution in [1.29, 1.82) is 0 Å². The van der Waals surface area contributed by atoms with Gasteiger partial charge in [0.25, 0.3) is 0 Å². The summed E-state index contributed by atoms with van der Waals surface area (Å²) in [6, 6.07) is 0.524. The molecule has 15 heavy (non-hydrogen) atoms. The summed E-state index contributed by atoms with van der Waals surface area (Å²) in [7, 11) is 0. The zero-order valence-corrected chi connectivity index (χ0v) is 10.3. The molecule has 1 aliphatic carbocycles. The Morgan fingerprint density at radius 2 is 2.13 bits per heavy atom. The lowest BCUT2D eigenvalue weighted by molar-refractivity contribution is -0.128. The van der Waals surface area contributed by atoms with Crippen LogP contribution < -0.4 is 11.1 Å². The van der Waals surface area contributed by atoms with Gasteiger partial charge in [-0.15, -0.1) is 0 Å². The predicted molar refractivity (Wildman–Crippen MR) is 63.8 cm³/mol. The van der Waals surface area contributed by atoms with E-state index >= 15 is 0 Å². The lowest BCUT2D eigenvalue weighted by atomic mass is 9.70. The summed E-state index contributed by atoms with van der Waals surface area (Å²) >= 11 is 1.84. The summed E-state index contributed by atoms with van der Waals surface area (Å²) < 4.78 is 0. The number of hydrogen-bond donors (Lipinski definition) is 2. The van der Waals surface area contributed by atoms with Gasteiger partial charge in [0, 0.05) is 11.8 Å². The lowest BCUT2D eigenvalue weighted by Crippen LogP contribution is -2.67. The van der Waals surface area contributed by atoms with Crippen LogP contribution in [0.25, 0.3) is 0 Å². The molecular weight excluding hydrogens is 208 g/mol. The van der Waals surface area contributed by atoms with Crippen LogP contribution in [0, 0.1) is 5.41 Å². The minimum Gasteiger partial charge on any atom is -0.368 e. The van der Waals surface area contributed by atoms with Crippen LogP contribution in [0.4, 0.5) is 0 Å². The highest BCUT2D eigenvalue weighted by molar-refractivity contribution is 7.99. The Hall–Kier alpha value is -0.220. The van der Waals surface area contributed by atoms with Crippen molar-refractivity contribution in [2.75, 3.05) is 11.5 Å². The molecule has 86 valence electrons. The first-order chi connectivity index (χ1) is 6.98. The summed E-state index contributed by atoms with van der Waals surface area (Å²) in [6.07, 6.45) is 3.44. The third kappa shape index (κ3) is 1.89. The Labute approximate surface area is 95.6 Å². The largest absolute Gasteiger partial charge is 0.368 e. The van der Waals surface area contributed by atoms with E-state index in [9.17, 15) is 4.79 Å². The van der Waals surface area contributed by atoms with E-state index in [0.29, 0.717) is 6.04 Å². The monoisotopic (exact) mass is 228 g/mol. The molecule has 2 rings (SSSR count). The summed E-state index contributed by atoms with van der Waals surface area (Å²) in [6.45, 7) is 4.32. The van der Waals surface area contributed by atoms with Crippen LogP contribution in [0.5, 0.6) is 0 Å². The van der Waals surface area contributed by atoms with Gasteiger partial charge in [-0.25, -0.2) is 0 Å². The number of rotatable bonds is 3. The minimum atomic E-state index is -0.489. The molecule has 1 saturated heterocycles. The second-order valence-corrected chi connectivity index (χ2v) is 6.48. The van der Waals surface area contributed by atoms with Crippen LogP contribution in [0.2, 0.25) is 0 Å². The topological polar surface area (TPSA) is 55.1 Å². The number of carbonyl (C=O) groups is 1. The van der Waals surface area contributed by atoms with Crippen LogP contribution >= 0.6 is 11.8 Å². The number of carbonyl (C=O) groups excluding carboxylic acids is 1. The maximum absolute atomic E-state index is 11.8. The van der Waals surface area contributed by atoms with Gasteiger partial charge in [0.2, 0.25) is 5.91 Å². The zero-order chi connectivity index (χ0) is 11.1. The molecule has 1 unspecified atom stereocenters. The zero-order valence-electron chi connectivity index (χ0n) is 9.51. The SMILES string of the molecule is CC1(C)CCSCC1(NC1CC1)C(N)=O. The van der Waals surface area contributed by atoms with Crippen molar-refractivity contribution in [2.45, 2.75) is 44.7 Å². The number of nitrogens with two attached hydrogens (primary N) is 1. The molecule has 3 N–H and O–H groups in total. The van der Waals surface area contributed by atoms with E-state index in [1.807, 2.05) is 11.8 Å². The highest BCUT2D eigenvalue weighted by atomic mass is 32.2. The molecule has 0 aromatic carbocycles. The second-order valence-electron chi connectivity index (χ2n) is 5.37. The Kier molecular flexibility index (Phi) is 2.75. The third-order valence-electron chi connectivity index (χ3n) is 3.79. The van der Waals surface area contributed by atoms with Gasteiger partial charge >= 0.3 is 0 Å². The molecular formula is C11H20N2OS. The van der Waals surface area contributed by atoms with Crippen LogP contribution in [0.1, 0.15) is 33.1 Å². The summed E-state index contributed by atoms with van der Waals surface area (Å²) in [5.74, 6) is 1.78. The molecule has 1 aliphatic heterocycles. The molecule has 0 spiro atoms. The number of amides is 1. The molecule has 1 saturated carbocycles. The summed E-state index contributed by atoms with van der Waals surface area (Å²) in [4.78, 5) is 11.8. The van der Waals surface area contributed by atoms with E-state index in [1.54, 1.807) is 0 Å². The van der Waals surface area contributed by atoms with Crippen molar-refractivity contribution in [3.8, 4) is 0 Å². The molecule has 1 heterocycles. The average Bonchev–Trinajstić information content (AvgIpc) is 2.92. The summed E-state index contributed by atoms with van der Waals surface area (Å²) in [5.41, 5.74) is 5.13. The van der Waals surface area contributed by atoms with E-state index < -0.39 is 5.54 Å². The molecule has 1 atom stereocenters. The van der Waals surface area contributed by atoms with Crippen molar-refractivity contribution in [3.05, 3.63) is 0 Å². The number of thioether (sulfide) groups is 1. The molecule has 2 aliphatic rings. The maximum Gasteiger partial charge on any atom is 0.239 e. The van der Waals surface area contributed by atoms with Gasteiger partial charge in [-0.1, -0.05) is 13.8 Å². The molecule has 0 aromatic rings. The van der Waals surface area contributed by atoms with E-state index in [0.717, 1.165) is 17.9 Å². The molecule has 0 bridgehead atoms. The Balaban J connectivity index is 2.24. The smallest absolute Gasteiger partial charge is 0.239 e. The van der Waals surface area contributed by atoms with Crippen LogP contribution in [-0.4, -0.2) is 29.0 Å². The van der Waals surface area contributed by atoms with E-state index in [1.165, 1.54) is 12.8 Å². The third-order valence-corrected chi connectivity index (χ3v) is 4.92. The van der Waals surface area contributed by atoms with Crippen molar-refractivity contribution in [2.24, 2.45) is 11.1 Å². The molecule has 3 nitrogen and oxygen atoms in total. The molecule has 0 aromatic heterocycles. The van der Waals surface area contributed by atoms with E-state index in [4.69, 9.17) is 5.73 Å². The summed E-state index contributed by atoms with van der Waals surface area (Å²) in [5, 5.41) is 3.50. The fraction of sp³-hybridized carbons (Fsp3) is 0.909. The fourth-order valence-electron chi connectivity index (χ4n) is 2.25. The lowest BCUT2D eigenvalue weighted by Gasteiger charge is -2.48. The number of nitrogens with one attached hydrogen (secondary N) is 1. The highest BCUT2D eigenvalue weighted by Crippen LogP contribution is 2.43. The van der Waals surface area contributed by atoms with Crippen molar-refractivity contribution < 1.29 is 4.79 Å². The van der Waals surface area contributed by atoms with Gasteiger partial charge in [0.15, 0.2) is 0 Å². The van der Waals surface area contributed by atoms with Gasteiger partial charge in [-0.2, -0.15) is 11.8 Å². The molecule has 0 radical (unpaired) electrons. The Morgan fingerprint density at radius 1 is 1.47 bits per heavy atom.